The molecule has 0 bridgehead atoms. The number of benzene rings is 1. The van der Waals surface area contributed by atoms with Gasteiger partial charge in [0.2, 0.25) is 5.91 Å². The monoisotopic (exact) mass is 333 g/mol. The number of fused-ring (bicyclic) bond motifs is 1. The molecule has 1 N–H and O–H groups in total. The number of nitrogens with one attached hydrogen (secondary N) is 1. The highest BCUT2D eigenvalue weighted by molar-refractivity contribution is 5.91. The molecule has 2 aromatic rings. The van der Waals surface area contributed by atoms with Gasteiger partial charge in [0.15, 0.2) is 0 Å². The topological polar surface area (TPSA) is 45.2 Å². The van der Waals surface area contributed by atoms with Crippen molar-refractivity contribution in [2.45, 2.75) is 25.7 Å². The van der Waals surface area contributed by atoms with Crippen molar-refractivity contribution in [2.75, 3.05) is 24.5 Å². The first-order chi connectivity index (χ1) is 11.6. The minimum absolute atomic E-state index is 0.257. The summed E-state index contributed by atoms with van der Waals surface area (Å²) in [6.07, 6.45) is 1.44. The first-order valence-electron chi connectivity index (χ1n) is 8.27. The second-order valence-electron chi connectivity index (χ2n) is 6.18. The fourth-order valence-electron chi connectivity index (χ4n) is 3.26. The van der Waals surface area contributed by atoms with E-state index in [1.54, 1.807) is 0 Å². The molecule has 1 fully saturated rings. The van der Waals surface area contributed by atoms with Crippen molar-refractivity contribution in [3.8, 4) is 0 Å². The fourth-order valence-corrected chi connectivity index (χ4v) is 3.26. The van der Waals surface area contributed by atoms with Crippen LogP contribution < -0.4 is 10.2 Å². The molecule has 0 atom stereocenters. The third kappa shape index (κ3) is 3.99. The molecule has 3 rings (SSSR count). The Hall–Kier alpha value is -2.24. The van der Waals surface area contributed by atoms with Crippen LogP contribution in [0.1, 0.15) is 19.3 Å². The highest BCUT2D eigenvalue weighted by Crippen LogP contribution is 2.30. The van der Waals surface area contributed by atoms with E-state index in [9.17, 15) is 13.6 Å². The molecule has 1 amide bonds. The van der Waals surface area contributed by atoms with E-state index in [0.29, 0.717) is 6.42 Å². The Morgan fingerprint density at radius 1 is 1.25 bits per heavy atom. The van der Waals surface area contributed by atoms with Crippen LogP contribution in [0.4, 0.5) is 14.5 Å². The molecular formula is C18H21F2N3O. The minimum atomic E-state index is -2.49. The molecule has 1 aliphatic rings. The number of carbonyl (C=O) groups is 1. The van der Waals surface area contributed by atoms with Crippen molar-refractivity contribution in [2.24, 2.45) is 5.92 Å². The van der Waals surface area contributed by atoms with Gasteiger partial charge in [0.1, 0.15) is 0 Å². The lowest BCUT2D eigenvalue weighted by molar-refractivity contribution is -0.122. The number of para-hydroxylation sites is 1. The molecule has 128 valence electrons. The maximum atomic E-state index is 12.1. The molecule has 1 aromatic carbocycles. The molecule has 0 radical (unpaired) electrons. The van der Waals surface area contributed by atoms with Crippen LogP contribution in [-0.4, -0.2) is 37.0 Å². The Morgan fingerprint density at radius 2 is 2.00 bits per heavy atom. The predicted octanol–water partition coefficient (Wildman–Crippen LogP) is 3.22. The Labute approximate surface area is 139 Å². The fraction of sp³-hybridized carbons (Fsp3) is 0.444. The number of amides is 1. The normalized spacial score (nSPS) is 15.9. The van der Waals surface area contributed by atoms with E-state index in [0.717, 1.165) is 36.8 Å². The molecule has 1 saturated heterocycles. The smallest absolute Gasteiger partial charge is 0.255 e. The van der Waals surface area contributed by atoms with Crippen molar-refractivity contribution in [3.63, 3.8) is 0 Å². The highest BCUT2D eigenvalue weighted by atomic mass is 19.3. The first-order valence-corrected chi connectivity index (χ1v) is 8.27. The summed E-state index contributed by atoms with van der Waals surface area (Å²) in [5.74, 6) is -0.0184. The molecule has 0 saturated carbocycles. The lowest BCUT2D eigenvalue weighted by Crippen LogP contribution is -2.36. The molecule has 0 unspecified atom stereocenters. The number of pyridine rings is 1. The number of alkyl halides is 2. The number of anilines is 1. The zero-order chi connectivity index (χ0) is 16.9. The van der Waals surface area contributed by atoms with Crippen molar-refractivity contribution < 1.29 is 13.6 Å². The van der Waals surface area contributed by atoms with E-state index in [1.807, 2.05) is 30.5 Å². The average Bonchev–Trinajstić information content (AvgIpc) is 2.60. The van der Waals surface area contributed by atoms with Gasteiger partial charge in [0.05, 0.1) is 12.1 Å². The van der Waals surface area contributed by atoms with Gasteiger partial charge in [-0.15, -0.1) is 0 Å². The summed E-state index contributed by atoms with van der Waals surface area (Å²) in [7, 11) is 0. The van der Waals surface area contributed by atoms with E-state index < -0.39 is 13.0 Å². The van der Waals surface area contributed by atoms with Crippen LogP contribution in [0.25, 0.3) is 10.9 Å². The van der Waals surface area contributed by atoms with E-state index in [2.05, 4.69) is 21.3 Å². The van der Waals surface area contributed by atoms with E-state index in [4.69, 9.17) is 0 Å². The number of nitrogens with zero attached hydrogens (tertiary/aromatic N) is 2. The van der Waals surface area contributed by atoms with Crippen LogP contribution in [0.5, 0.6) is 0 Å². The summed E-state index contributed by atoms with van der Waals surface area (Å²) >= 11 is 0. The number of hydrogen-bond donors (Lipinski definition) is 1. The molecule has 0 aliphatic carbocycles. The number of hydrogen-bond acceptors (Lipinski definition) is 3. The molecule has 2 heterocycles. The largest absolute Gasteiger partial charge is 0.371 e. The SMILES string of the molecule is O=C(CC1CCN(c2ccnc3ccccc23)CC1)NCC(F)F. The molecule has 24 heavy (non-hydrogen) atoms. The van der Waals surface area contributed by atoms with E-state index in [-0.39, 0.29) is 11.8 Å². The number of rotatable bonds is 5. The average molecular weight is 333 g/mol. The summed E-state index contributed by atoms with van der Waals surface area (Å²) in [6.45, 7) is 1.17. The predicted molar refractivity (Wildman–Crippen MR) is 90.3 cm³/mol. The summed E-state index contributed by atoms with van der Waals surface area (Å²) in [5, 5.41) is 3.42. The van der Waals surface area contributed by atoms with Gasteiger partial charge in [0.25, 0.3) is 6.43 Å². The van der Waals surface area contributed by atoms with Crippen molar-refractivity contribution in [3.05, 3.63) is 36.5 Å². The molecule has 4 nitrogen and oxygen atoms in total. The Bertz CT molecular complexity index is 694. The standard InChI is InChI=1S/C18H21F2N3O/c19-17(20)12-22-18(24)11-13-6-9-23(10-7-13)16-5-8-21-15-4-2-1-3-14(15)16/h1-5,8,13,17H,6-7,9-12H2,(H,22,24). The number of halogens is 2. The minimum Gasteiger partial charge on any atom is -0.371 e. The van der Waals surface area contributed by atoms with Crippen LogP contribution in [0.3, 0.4) is 0 Å². The van der Waals surface area contributed by atoms with Gasteiger partial charge in [-0.25, -0.2) is 8.78 Å². The number of carbonyl (C=O) groups excluding carboxylic acids is 1. The second-order valence-corrected chi connectivity index (χ2v) is 6.18. The summed E-state index contributed by atoms with van der Waals surface area (Å²) < 4.78 is 24.2. The quantitative estimate of drug-likeness (QED) is 0.914. The summed E-state index contributed by atoms with van der Waals surface area (Å²) in [5.41, 5.74) is 2.14. The molecule has 6 heteroatoms. The van der Waals surface area contributed by atoms with Gasteiger partial charge in [0, 0.05) is 36.8 Å². The van der Waals surface area contributed by atoms with E-state index >= 15 is 0 Å². The first kappa shape index (κ1) is 16.6. The second kappa shape index (κ2) is 7.55. The molecule has 1 aliphatic heterocycles. The Morgan fingerprint density at radius 3 is 2.75 bits per heavy atom. The maximum absolute atomic E-state index is 12.1. The zero-order valence-corrected chi connectivity index (χ0v) is 13.4. The van der Waals surface area contributed by atoms with Crippen molar-refractivity contribution in [1.82, 2.24) is 10.3 Å². The van der Waals surface area contributed by atoms with Gasteiger partial charge in [-0.1, -0.05) is 18.2 Å². The lowest BCUT2D eigenvalue weighted by Gasteiger charge is -2.34. The zero-order valence-electron chi connectivity index (χ0n) is 13.4. The molecule has 0 spiro atoms. The van der Waals surface area contributed by atoms with Gasteiger partial charge in [-0.3, -0.25) is 9.78 Å². The van der Waals surface area contributed by atoms with Crippen LogP contribution in [0.2, 0.25) is 0 Å². The third-order valence-electron chi connectivity index (χ3n) is 4.51. The molecular weight excluding hydrogens is 312 g/mol. The number of aromatic nitrogens is 1. The van der Waals surface area contributed by atoms with E-state index in [1.165, 1.54) is 5.69 Å². The maximum Gasteiger partial charge on any atom is 0.255 e. The van der Waals surface area contributed by atoms with Crippen LogP contribution in [0, 0.1) is 5.92 Å². The Kier molecular flexibility index (Phi) is 5.23. The summed E-state index contributed by atoms with van der Waals surface area (Å²) in [4.78, 5) is 18.4. The van der Waals surface area contributed by atoms with Gasteiger partial charge >= 0.3 is 0 Å². The van der Waals surface area contributed by atoms with Crippen molar-refractivity contribution >= 4 is 22.5 Å². The summed E-state index contributed by atoms with van der Waals surface area (Å²) in [6, 6.07) is 10.1. The van der Waals surface area contributed by atoms with Crippen LogP contribution in [0.15, 0.2) is 36.5 Å². The highest BCUT2D eigenvalue weighted by Gasteiger charge is 2.23. The van der Waals surface area contributed by atoms with Gasteiger partial charge < -0.3 is 10.2 Å². The van der Waals surface area contributed by atoms with Crippen LogP contribution >= 0.6 is 0 Å². The van der Waals surface area contributed by atoms with Crippen LogP contribution in [-0.2, 0) is 4.79 Å². The third-order valence-corrected chi connectivity index (χ3v) is 4.51. The lowest BCUT2D eigenvalue weighted by atomic mass is 9.92. The van der Waals surface area contributed by atoms with Gasteiger partial charge in [-0.2, -0.15) is 0 Å². The number of piperidine rings is 1. The van der Waals surface area contributed by atoms with Gasteiger partial charge in [-0.05, 0) is 30.9 Å². The van der Waals surface area contributed by atoms with Crippen molar-refractivity contribution in [1.29, 1.82) is 0 Å². The molecule has 1 aromatic heterocycles. The Balaban J connectivity index is 1.58.